The van der Waals surface area contributed by atoms with E-state index >= 15 is 0 Å². The van der Waals surface area contributed by atoms with E-state index in [0.29, 0.717) is 0 Å². The molecule has 2 rings (SSSR count). The number of amides is 1. The van der Waals surface area contributed by atoms with Crippen LogP contribution in [-0.2, 0) is 11.2 Å². The first-order valence-electron chi connectivity index (χ1n) is 7.80. The Labute approximate surface area is 132 Å². The van der Waals surface area contributed by atoms with E-state index in [2.05, 4.69) is 17.4 Å². The molecule has 0 bridgehead atoms. The topological polar surface area (TPSA) is 55.1 Å². The Balaban J connectivity index is 2.13. The van der Waals surface area contributed by atoms with Gasteiger partial charge in [0.05, 0.1) is 6.04 Å². The van der Waals surface area contributed by atoms with Crippen molar-refractivity contribution in [2.75, 3.05) is 5.32 Å². The van der Waals surface area contributed by atoms with Crippen molar-refractivity contribution in [3.8, 4) is 0 Å². The van der Waals surface area contributed by atoms with Crippen LogP contribution in [0.4, 0.5) is 5.69 Å². The maximum atomic E-state index is 12.3. The molecule has 3 nitrogen and oxygen atoms in total. The summed E-state index contributed by atoms with van der Waals surface area (Å²) in [7, 11) is 0. The Hall–Kier alpha value is -2.13. The maximum Gasteiger partial charge on any atom is 0.241 e. The van der Waals surface area contributed by atoms with E-state index in [4.69, 9.17) is 5.73 Å². The van der Waals surface area contributed by atoms with Crippen LogP contribution in [0.5, 0.6) is 0 Å². The van der Waals surface area contributed by atoms with Gasteiger partial charge in [0.15, 0.2) is 0 Å². The van der Waals surface area contributed by atoms with Crippen molar-refractivity contribution in [2.24, 2.45) is 11.7 Å². The number of para-hydroxylation sites is 1. The molecule has 2 aromatic carbocycles. The summed E-state index contributed by atoms with van der Waals surface area (Å²) in [5, 5.41) is 2.98. The number of benzene rings is 2. The normalized spacial score (nSPS) is 13.4. The zero-order valence-corrected chi connectivity index (χ0v) is 13.3. The zero-order chi connectivity index (χ0) is 15.9. The summed E-state index contributed by atoms with van der Waals surface area (Å²) >= 11 is 0. The minimum absolute atomic E-state index is 0.116. The second-order valence-corrected chi connectivity index (χ2v) is 5.72. The molecule has 22 heavy (non-hydrogen) atoms. The van der Waals surface area contributed by atoms with E-state index in [9.17, 15) is 4.79 Å². The van der Waals surface area contributed by atoms with Gasteiger partial charge < -0.3 is 11.1 Å². The lowest BCUT2D eigenvalue weighted by molar-refractivity contribution is -0.118. The van der Waals surface area contributed by atoms with Crippen LogP contribution in [0.15, 0.2) is 54.6 Å². The van der Waals surface area contributed by atoms with Crippen LogP contribution in [0.1, 0.15) is 31.4 Å². The first-order chi connectivity index (χ1) is 10.6. The van der Waals surface area contributed by atoms with Gasteiger partial charge in [0.1, 0.15) is 0 Å². The maximum absolute atomic E-state index is 12.3. The Bertz CT molecular complexity index is 610. The molecule has 3 heteroatoms. The number of hydrogen-bond acceptors (Lipinski definition) is 2. The van der Waals surface area contributed by atoms with Crippen LogP contribution < -0.4 is 11.1 Å². The summed E-state index contributed by atoms with van der Waals surface area (Å²) in [6.45, 7) is 4.04. The van der Waals surface area contributed by atoms with Crippen LogP contribution in [0, 0.1) is 5.92 Å². The molecule has 0 aliphatic carbocycles. The molecular weight excluding hydrogens is 272 g/mol. The standard InChI is InChI=1S/C19H24N2O/c1-3-14(2)18(20)19(22)21-17-12-8-7-11-16(17)13-15-9-5-4-6-10-15/h4-12,14,18H,3,13,20H2,1-2H3,(H,21,22). The largest absolute Gasteiger partial charge is 0.324 e. The van der Waals surface area contributed by atoms with E-state index in [1.165, 1.54) is 5.56 Å². The van der Waals surface area contributed by atoms with Gasteiger partial charge in [-0.1, -0.05) is 68.8 Å². The molecule has 1 amide bonds. The van der Waals surface area contributed by atoms with Crippen LogP contribution in [0.3, 0.4) is 0 Å². The molecule has 0 fully saturated rings. The third kappa shape index (κ3) is 4.18. The van der Waals surface area contributed by atoms with Gasteiger partial charge in [-0.25, -0.2) is 0 Å². The highest BCUT2D eigenvalue weighted by Crippen LogP contribution is 2.20. The molecule has 0 spiro atoms. The number of rotatable bonds is 6. The highest BCUT2D eigenvalue weighted by molar-refractivity contribution is 5.95. The van der Waals surface area contributed by atoms with E-state index in [-0.39, 0.29) is 11.8 Å². The van der Waals surface area contributed by atoms with Gasteiger partial charge in [-0.3, -0.25) is 4.79 Å². The molecule has 2 unspecified atom stereocenters. The molecule has 0 aliphatic heterocycles. The first kappa shape index (κ1) is 16.2. The average Bonchev–Trinajstić information content (AvgIpc) is 2.56. The van der Waals surface area contributed by atoms with Crippen molar-refractivity contribution in [1.29, 1.82) is 0 Å². The van der Waals surface area contributed by atoms with E-state index in [1.54, 1.807) is 0 Å². The fourth-order valence-corrected chi connectivity index (χ4v) is 2.34. The van der Waals surface area contributed by atoms with Crippen molar-refractivity contribution < 1.29 is 4.79 Å². The van der Waals surface area contributed by atoms with Crippen molar-refractivity contribution in [2.45, 2.75) is 32.7 Å². The summed E-state index contributed by atoms with van der Waals surface area (Å²) < 4.78 is 0. The van der Waals surface area contributed by atoms with Gasteiger partial charge in [0.2, 0.25) is 5.91 Å². The van der Waals surface area contributed by atoms with Crippen molar-refractivity contribution >= 4 is 11.6 Å². The number of nitrogens with one attached hydrogen (secondary N) is 1. The average molecular weight is 296 g/mol. The van der Waals surface area contributed by atoms with Crippen LogP contribution in [0.2, 0.25) is 0 Å². The molecule has 3 N–H and O–H groups in total. The molecule has 0 radical (unpaired) electrons. The van der Waals surface area contributed by atoms with Crippen molar-refractivity contribution in [3.63, 3.8) is 0 Å². The zero-order valence-electron chi connectivity index (χ0n) is 13.3. The summed E-state index contributed by atoms with van der Waals surface area (Å²) in [6, 6.07) is 17.6. The van der Waals surface area contributed by atoms with Gasteiger partial charge >= 0.3 is 0 Å². The van der Waals surface area contributed by atoms with E-state index < -0.39 is 6.04 Å². The molecule has 0 heterocycles. The molecule has 0 aromatic heterocycles. The number of nitrogens with two attached hydrogens (primary N) is 1. The first-order valence-corrected chi connectivity index (χ1v) is 7.80. The number of carbonyl (C=O) groups excluding carboxylic acids is 1. The van der Waals surface area contributed by atoms with Gasteiger partial charge in [-0.2, -0.15) is 0 Å². The second-order valence-electron chi connectivity index (χ2n) is 5.72. The monoisotopic (exact) mass is 296 g/mol. The number of hydrogen-bond donors (Lipinski definition) is 2. The Kier molecular flexibility index (Phi) is 5.73. The molecular formula is C19H24N2O. The number of anilines is 1. The smallest absolute Gasteiger partial charge is 0.241 e. The predicted octanol–water partition coefficient (Wildman–Crippen LogP) is 3.59. The lowest BCUT2D eigenvalue weighted by Crippen LogP contribution is -2.40. The molecule has 2 atom stereocenters. The SMILES string of the molecule is CCC(C)C(N)C(=O)Nc1ccccc1Cc1ccccc1. The van der Waals surface area contributed by atoms with Crippen molar-refractivity contribution in [3.05, 3.63) is 65.7 Å². The highest BCUT2D eigenvalue weighted by atomic mass is 16.2. The third-order valence-corrected chi connectivity index (χ3v) is 4.07. The third-order valence-electron chi connectivity index (χ3n) is 4.07. The summed E-state index contributed by atoms with van der Waals surface area (Å²) in [6.07, 6.45) is 1.68. The minimum atomic E-state index is -0.477. The van der Waals surface area contributed by atoms with Crippen LogP contribution in [-0.4, -0.2) is 11.9 Å². The minimum Gasteiger partial charge on any atom is -0.324 e. The highest BCUT2D eigenvalue weighted by Gasteiger charge is 2.20. The van der Waals surface area contributed by atoms with Gasteiger partial charge in [0, 0.05) is 5.69 Å². The Morgan fingerprint density at radius 3 is 2.41 bits per heavy atom. The molecule has 2 aromatic rings. The second kappa shape index (κ2) is 7.76. The van der Waals surface area contributed by atoms with Gasteiger partial charge in [0.25, 0.3) is 0 Å². The fraction of sp³-hybridized carbons (Fsp3) is 0.316. The Morgan fingerprint density at radius 2 is 1.73 bits per heavy atom. The number of carbonyl (C=O) groups is 1. The lowest BCUT2D eigenvalue weighted by Gasteiger charge is -2.19. The fourth-order valence-electron chi connectivity index (χ4n) is 2.34. The molecule has 116 valence electrons. The van der Waals surface area contributed by atoms with Crippen LogP contribution >= 0.6 is 0 Å². The Morgan fingerprint density at radius 1 is 1.09 bits per heavy atom. The van der Waals surface area contributed by atoms with Gasteiger partial charge in [-0.15, -0.1) is 0 Å². The summed E-state index contributed by atoms with van der Waals surface area (Å²) in [5.41, 5.74) is 9.17. The van der Waals surface area contributed by atoms with E-state index in [1.807, 2.05) is 56.3 Å². The van der Waals surface area contributed by atoms with E-state index in [0.717, 1.165) is 24.1 Å². The van der Waals surface area contributed by atoms with Gasteiger partial charge in [-0.05, 0) is 29.5 Å². The lowest BCUT2D eigenvalue weighted by atomic mass is 9.98. The quantitative estimate of drug-likeness (QED) is 0.856. The molecule has 0 saturated heterocycles. The van der Waals surface area contributed by atoms with Crippen molar-refractivity contribution in [1.82, 2.24) is 0 Å². The summed E-state index contributed by atoms with van der Waals surface area (Å²) in [5.74, 6) is 0.0520. The van der Waals surface area contributed by atoms with Crippen LogP contribution in [0.25, 0.3) is 0 Å². The molecule has 0 aliphatic rings. The predicted molar refractivity (Wildman–Crippen MR) is 91.8 cm³/mol. The summed E-state index contributed by atoms with van der Waals surface area (Å²) in [4.78, 5) is 12.3. The molecule has 0 saturated carbocycles.